The van der Waals surface area contributed by atoms with Crippen molar-refractivity contribution >= 4 is 10.0 Å². The Morgan fingerprint density at radius 2 is 2.06 bits per heavy atom. The van der Waals surface area contributed by atoms with Crippen LogP contribution in [0.15, 0.2) is 11.1 Å². The monoisotopic (exact) mass is 243 g/mol. The molecule has 6 heteroatoms. The lowest BCUT2D eigenvalue weighted by Gasteiger charge is -2.11. The van der Waals surface area contributed by atoms with Crippen LogP contribution in [0.3, 0.4) is 0 Å². The number of nitrogens with zero attached hydrogens (tertiary/aromatic N) is 2. The van der Waals surface area contributed by atoms with Crippen LogP contribution in [0.5, 0.6) is 0 Å². The Hall–Kier alpha value is -0.880. The van der Waals surface area contributed by atoms with E-state index in [9.17, 15) is 8.42 Å². The molecule has 1 heterocycles. The fourth-order valence-corrected chi connectivity index (χ4v) is 3.58. The molecule has 0 bridgehead atoms. The minimum Gasteiger partial charge on any atom is -0.272 e. The topological polar surface area (TPSA) is 64.0 Å². The summed E-state index contributed by atoms with van der Waals surface area (Å²) in [5, 5.41) is 3.95. The zero-order chi connectivity index (χ0) is 11.8. The number of rotatable bonds is 3. The number of hydrogen-bond acceptors (Lipinski definition) is 3. The molecule has 1 aromatic rings. The van der Waals surface area contributed by atoms with E-state index >= 15 is 0 Å². The van der Waals surface area contributed by atoms with E-state index in [4.69, 9.17) is 0 Å². The van der Waals surface area contributed by atoms with E-state index in [2.05, 4.69) is 9.82 Å². The summed E-state index contributed by atoms with van der Waals surface area (Å²) in [4.78, 5) is 0.293. The van der Waals surface area contributed by atoms with Gasteiger partial charge in [-0.2, -0.15) is 5.10 Å². The fourth-order valence-electron chi connectivity index (χ4n) is 2.07. The Labute approximate surface area is 95.9 Å². The molecule has 0 unspecified atom stereocenters. The molecule has 2 rings (SSSR count). The summed E-state index contributed by atoms with van der Waals surface area (Å²) in [6, 6.07) is 0.101. The van der Waals surface area contributed by atoms with Gasteiger partial charge in [-0.05, 0) is 19.8 Å². The van der Waals surface area contributed by atoms with Crippen molar-refractivity contribution in [3.8, 4) is 0 Å². The number of sulfonamides is 1. The molecule has 5 nitrogen and oxygen atoms in total. The lowest BCUT2D eigenvalue weighted by molar-refractivity contribution is 0.551. The molecule has 1 fully saturated rings. The van der Waals surface area contributed by atoms with E-state index in [0.717, 1.165) is 25.7 Å². The Morgan fingerprint density at radius 3 is 2.56 bits per heavy atom. The molecule has 1 N–H and O–H groups in total. The first-order valence-electron chi connectivity index (χ1n) is 5.51. The van der Waals surface area contributed by atoms with E-state index in [1.807, 2.05) is 0 Å². The maximum Gasteiger partial charge on any atom is 0.244 e. The molecule has 0 saturated heterocycles. The van der Waals surface area contributed by atoms with Gasteiger partial charge in [0, 0.05) is 13.1 Å². The van der Waals surface area contributed by atoms with Crippen molar-refractivity contribution in [1.82, 2.24) is 14.5 Å². The molecule has 1 aliphatic carbocycles. The molecule has 0 amide bonds. The zero-order valence-electron chi connectivity index (χ0n) is 9.60. The second-order valence-electron chi connectivity index (χ2n) is 4.32. The van der Waals surface area contributed by atoms with Gasteiger partial charge in [0.15, 0.2) is 0 Å². The second kappa shape index (κ2) is 4.18. The average molecular weight is 243 g/mol. The van der Waals surface area contributed by atoms with Gasteiger partial charge in [0.05, 0.1) is 11.9 Å². The third-order valence-corrected chi connectivity index (χ3v) is 4.78. The number of aryl methyl sites for hydroxylation is 1. The molecular weight excluding hydrogens is 226 g/mol. The Morgan fingerprint density at radius 1 is 1.44 bits per heavy atom. The molecule has 0 spiro atoms. The quantitative estimate of drug-likeness (QED) is 0.859. The average Bonchev–Trinajstić information content (AvgIpc) is 2.78. The predicted molar refractivity (Wildman–Crippen MR) is 60.5 cm³/mol. The van der Waals surface area contributed by atoms with Crippen molar-refractivity contribution in [2.75, 3.05) is 0 Å². The van der Waals surface area contributed by atoms with Gasteiger partial charge >= 0.3 is 0 Å². The summed E-state index contributed by atoms with van der Waals surface area (Å²) in [6.07, 6.45) is 5.52. The van der Waals surface area contributed by atoms with Crippen molar-refractivity contribution in [1.29, 1.82) is 0 Å². The predicted octanol–water partition coefficient (Wildman–Crippen LogP) is 0.949. The van der Waals surface area contributed by atoms with Crippen molar-refractivity contribution < 1.29 is 8.42 Å². The zero-order valence-corrected chi connectivity index (χ0v) is 10.4. The smallest absolute Gasteiger partial charge is 0.244 e. The Kier molecular flexibility index (Phi) is 3.03. The summed E-state index contributed by atoms with van der Waals surface area (Å²) < 4.78 is 28.4. The first kappa shape index (κ1) is 11.6. The van der Waals surface area contributed by atoms with E-state index < -0.39 is 10.0 Å². The normalized spacial score (nSPS) is 18.1. The van der Waals surface area contributed by atoms with Gasteiger partial charge in [-0.1, -0.05) is 12.8 Å². The van der Waals surface area contributed by atoms with E-state index in [0.29, 0.717) is 10.6 Å². The van der Waals surface area contributed by atoms with Crippen LogP contribution in [0.2, 0.25) is 0 Å². The number of hydrogen-bond donors (Lipinski definition) is 1. The first-order chi connectivity index (χ1) is 7.50. The van der Waals surface area contributed by atoms with Crippen LogP contribution < -0.4 is 4.72 Å². The summed E-state index contributed by atoms with van der Waals surface area (Å²) >= 11 is 0. The van der Waals surface area contributed by atoms with E-state index in [1.165, 1.54) is 6.20 Å². The molecule has 90 valence electrons. The summed E-state index contributed by atoms with van der Waals surface area (Å²) in [6.45, 7) is 1.76. The lowest BCUT2D eigenvalue weighted by Crippen LogP contribution is -2.32. The number of nitrogens with one attached hydrogen (secondary N) is 1. The van der Waals surface area contributed by atoms with Gasteiger partial charge < -0.3 is 0 Å². The van der Waals surface area contributed by atoms with E-state index in [1.54, 1.807) is 18.7 Å². The van der Waals surface area contributed by atoms with Crippen LogP contribution in [0.25, 0.3) is 0 Å². The standard InChI is InChI=1S/C10H17N3O2S/c1-8-10(7-11-13(8)2)16(14,15)12-9-5-3-4-6-9/h7,9,12H,3-6H2,1-2H3. The molecule has 1 saturated carbocycles. The maximum atomic E-state index is 12.1. The van der Waals surface area contributed by atoms with Gasteiger partial charge in [0.1, 0.15) is 4.90 Å². The van der Waals surface area contributed by atoms with Gasteiger partial charge in [0.25, 0.3) is 0 Å². The van der Waals surface area contributed by atoms with Crippen molar-refractivity contribution in [3.63, 3.8) is 0 Å². The van der Waals surface area contributed by atoms with E-state index in [-0.39, 0.29) is 6.04 Å². The molecule has 1 aromatic heterocycles. The van der Waals surface area contributed by atoms with Crippen molar-refractivity contribution in [2.45, 2.75) is 43.5 Å². The van der Waals surface area contributed by atoms with Crippen LogP contribution in [-0.4, -0.2) is 24.2 Å². The lowest BCUT2D eigenvalue weighted by atomic mass is 10.3. The summed E-state index contributed by atoms with van der Waals surface area (Å²) in [5.74, 6) is 0. The third kappa shape index (κ3) is 2.12. The van der Waals surface area contributed by atoms with Crippen LogP contribution in [-0.2, 0) is 17.1 Å². The Bertz CT molecular complexity index is 472. The molecular formula is C10H17N3O2S. The highest BCUT2D eigenvalue weighted by Gasteiger charge is 2.25. The Balaban J connectivity index is 2.21. The fraction of sp³-hybridized carbons (Fsp3) is 0.700. The summed E-state index contributed by atoms with van der Waals surface area (Å²) in [7, 11) is -1.65. The minimum atomic E-state index is -3.39. The second-order valence-corrected chi connectivity index (χ2v) is 6.00. The van der Waals surface area contributed by atoms with Gasteiger partial charge in [-0.15, -0.1) is 0 Å². The first-order valence-corrected chi connectivity index (χ1v) is 7.00. The molecule has 0 atom stereocenters. The number of aromatic nitrogens is 2. The maximum absolute atomic E-state index is 12.1. The highest BCUT2D eigenvalue weighted by Crippen LogP contribution is 2.21. The van der Waals surface area contributed by atoms with Crippen molar-refractivity contribution in [3.05, 3.63) is 11.9 Å². The van der Waals surface area contributed by atoms with Gasteiger partial charge in [-0.3, -0.25) is 4.68 Å². The molecule has 1 aliphatic rings. The highest BCUT2D eigenvalue weighted by molar-refractivity contribution is 7.89. The third-order valence-electron chi connectivity index (χ3n) is 3.16. The SMILES string of the molecule is Cc1c(S(=O)(=O)NC2CCCC2)cnn1C. The van der Waals surface area contributed by atoms with Crippen LogP contribution in [0, 0.1) is 6.92 Å². The van der Waals surface area contributed by atoms with Gasteiger partial charge in [0.2, 0.25) is 10.0 Å². The molecule has 0 aromatic carbocycles. The van der Waals surface area contributed by atoms with Gasteiger partial charge in [-0.25, -0.2) is 13.1 Å². The van der Waals surface area contributed by atoms with Crippen LogP contribution in [0.4, 0.5) is 0 Å². The largest absolute Gasteiger partial charge is 0.272 e. The van der Waals surface area contributed by atoms with Crippen LogP contribution >= 0.6 is 0 Å². The molecule has 16 heavy (non-hydrogen) atoms. The van der Waals surface area contributed by atoms with Crippen molar-refractivity contribution in [2.24, 2.45) is 7.05 Å². The molecule has 0 radical (unpaired) electrons. The van der Waals surface area contributed by atoms with Crippen LogP contribution in [0.1, 0.15) is 31.4 Å². The highest BCUT2D eigenvalue weighted by atomic mass is 32.2. The minimum absolute atomic E-state index is 0.101. The molecule has 0 aliphatic heterocycles. The summed E-state index contributed by atoms with van der Waals surface area (Å²) in [5.41, 5.74) is 0.672.